The second-order valence-corrected chi connectivity index (χ2v) is 4.81. The van der Waals surface area contributed by atoms with E-state index >= 15 is 0 Å². The van der Waals surface area contributed by atoms with Crippen LogP contribution in [0.3, 0.4) is 0 Å². The highest BCUT2D eigenvalue weighted by Crippen LogP contribution is 2.14. The van der Waals surface area contributed by atoms with Gasteiger partial charge in [0.25, 0.3) is 0 Å². The van der Waals surface area contributed by atoms with Crippen LogP contribution in [-0.2, 0) is 11.2 Å². The number of halogens is 1. The maximum atomic E-state index is 12.8. The summed E-state index contributed by atoms with van der Waals surface area (Å²) in [6.45, 7) is 0. The molecule has 1 amide bonds. The summed E-state index contributed by atoms with van der Waals surface area (Å²) < 4.78 is 12.8. The number of anilines is 1. The van der Waals surface area contributed by atoms with Crippen molar-refractivity contribution in [2.75, 3.05) is 5.32 Å². The Labute approximate surface area is 121 Å². The number of benzene rings is 2. The molecule has 2 N–H and O–H groups in total. The third kappa shape index (κ3) is 3.25. The van der Waals surface area contributed by atoms with Crippen molar-refractivity contribution in [3.8, 4) is 0 Å². The largest absolute Gasteiger partial charge is 0.345 e. The number of carbonyl (C=O) groups excluding carboxylic acids is 1. The first-order valence-electron chi connectivity index (χ1n) is 6.68. The van der Waals surface area contributed by atoms with Gasteiger partial charge in [0.15, 0.2) is 0 Å². The topological polar surface area (TPSA) is 57.8 Å². The monoisotopic (exact) mass is 283 g/mol. The second-order valence-electron chi connectivity index (χ2n) is 4.81. The zero-order chi connectivity index (χ0) is 14.7. The number of aromatic amines is 1. The molecule has 0 saturated carbocycles. The minimum absolute atomic E-state index is 0.0914. The fourth-order valence-electron chi connectivity index (χ4n) is 2.15. The molecule has 4 nitrogen and oxygen atoms in total. The van der Waals surface area contributed by atoms with E-state index < -0.39 is 0 Å². The van der Waals surface area contributed by atoms with Crippen molar-refractivity contribution in [3.63, 3.8) is 0 Å². The Morgan fingerprint density at radius 3 is 2.81 bits per heavy atom. The van der Waals surface area contributed by atoms with Gasteiger partial charge in [-0.2, -0.15) is 0 Å². The predicted octanol–water partition coefficient (Wildman–Crippen LogP) is 3.27. The number of nitrogens with zero attached hydrogens (tertiary/aromatic N) is 1. The minimum atomic E-state index is -0.319. The summed E-state index contributed by atoms with van der Waals surface area (Å²) in [5, 5.41) is 2.75. The van der Waals surface area contributed by atoms with Crippen LogP contribution in [0.2, 0.25) is 0 Å². The van der Waals surface area contributed by atoms with Crippen molar-refractivity contribution < 1.29 is 9.18 Å². The van der Waals surface area contributed by atoms with Crippen molar-refractivity contribution in [2.45, 2.75) is 12.8 Å². The first-order chi connectivity index (χ1) is 10.2. The lowest BCUT2D eigenvalue weighted by Crippen LogP contribution is -2.12. The molecule has 0 aliphatic carbocycles. The smallest absolute Gasteiger partial charge is 0.224 e. The standard InChI is InChI=1S/C16H14FN3O/c17-12-3-5-13(6-4-12)20-16(21)8-2-11-1-7-14-15(9-11)19-10-18-14/h1,3-7,9-10H,2,8H2,(H,18,19)(H,20,21). The zero-order valence-corrected chi connectivity index (χ0v) is 11.3. The summed E-state index contributed by atoms with van der Waals surface area (Å²) in [5.74, 6) is -0.410. The molecule has 106 valence electrons. The summed E-state index contributed by atoms with van der Waals surface area (Å²) in [7, 11) is 0. The maximum Gasteiger partial charge on any atom is 0.224 e. The van der Waals surface area contributed by atoms with Gasteiger partial charge in [0.05, 0.1) is 17.4 Å². The molecular weight excluding hydrogens is 269 g/mol. The van der Waals surface area contributed by atoms with Crippen molar-refractivity contribution in [3.05, 3.63) is 60.2 Å². The molecule has 1 heterocycles. The molecule has 0 unspecified atom stereocenters. The summed E-state index contributed by atoms with van der Waals surface area (Å²) >= 11 is 0. The van der Waals surface area contributed by atoms with Crippen LogP contribution in [0.25, 0.3) is 11.0 Å². The summed E-state index contributed by atoms with van der Waals surface area (Å²) in [4.78, 5) is 19.1. The van der Waals surface area contributed by atoms with Gasteiger partial charge < -0.3 is 10.3 Å². The molecular formula is C16H14FN3O. The highest BCUT2D eigenvalue weighted by atomic mass is 19.1. The SMILES string of the molecule is O=C(CCc1ccc2nc[nH]c2c1)Nc1ccc(F)cc1. The maximum absolute atomic E-state index is 12.8. The molecule has 2 aromatic carbocycles. The van der Waals surface area contributed by atoms with Crippen LogP contribution >= 0.6 is 0 Å². The molecule has 0 saturated heterocycles. The molecule has 0 aliphatic rings. The Morgan fingerprint density at radius 2 is 2.00 bits per heavy atom. The molecule has 3 rings (SSSR count). The van der Waals surface area contributed by atoms with E-state index in [1.165, 1.54) is 12.1 Å². The number of aryl methyl sites for hydroxylation is 1. The number of nitrogens with one attached hydrogen (secondary N) is 2. The number of hydrogen-bond donors (Lipinski definition) is 2. The van der Waals surface area contributed by atoms with Crippen molar-refractivity contribution in [1.29, 1.82) is 0 Å². The third-order valence-electron chi connectivity index (χ3n) is 3.25. The van der Waals surface area contributed by atoms with Crippen molar-refractivity contribution >= 4 is 22.6 Å². The van der Waals surface area contributed by atoms with E-state index in [1.54, 1.807) is 18.5 Å². The summed E-state index contributed by atoms with van der Waals surface area (Å²) in [6.07, 6.45) is 2.66. The van der Waals surface area contributed by atoms with Gasteiger partial charge >= 0.3 is 0 Å². The number of hydrogen-bond acceptors (Lipinski definition) is 2. The van der Waals surface area contributed by atoms with Crippen LogP contribution in [0.1, 0.15) is 12.0 Å². The lowest BCUT2D eigenvalue weighted by atomic mass is 10.1. The Morgan fingerprint density at radius 1 is 1.19 bits per heavy atom. The van der Waals surface area contributed by atoms with Crippen LogP contribution in [-0.4, -0.2) is 15.9 Å². The Bertz CT molecular complexity index is 765. The van der Waals surface area contributed by atoms with Crippen LogP contribution < -0.4 is 5.32 Å². The second kappa shape index (κ2) is 5.75. The number of rotatable bonds is 4. The van der Waals surface area contributed by atoms with Crippen LogP contribution in [0.4, 0.5) is 10.1 Å². The average Bonchev–Trinajstić information content (AvgIpc) is 2.95. The highest BCUT2D eigenvalue weighted by molar-refractivity contribution is 5.90. The van der Waals surface area contributed by atoms with E-state index in [9.17, 15) is 9.18 Å². The number of amides is 1. The molecule has 5 heteroatoms. The molecule has 3 aromatic rings. The lowest BCUT2D eigenvalue weighted by molar-refractivity contribution is -0.116. The van der Waals surface area contributed by atoms with Gasteiger partial charge in [-0.15, -0.1) is 0 Å². The quantitative estimate of drug-likeness (QED) is 0.772. The van der Waals surface area contributed by atoms with Gasteiger partial charge in [-0.3, -0.25) is 4.79 Å². The van der Waals surface area contributed by atoms with Gasteiger partial charge in [0.1, 0.15) is 5.82 Å². The van der Waals surface area contributed by atoms with E-state index in [-0.39, 0.29) is 11.7 Å². The van der Waals surface area contributed by atoms with Gasteiger partial charge in [-0.25, -0.2) is 9.37 Å². The van der Waals surface area contributed by atoms with Crippen LogP contribution in [0.5, 0.6) is 0 Å². The van der Waals surface area contributed by atoms with E-state index in [4.69, 9.17) is 0 Å². The molecule has 0 radical (unpaired) electrons. The molecule has 21 heavy (non-hydrogen) atoms. The molecule has 0 atom stereocenters. The third-order valence-corrected chi connectivity index (χ3v) is 3.25. The van der Waals surface area contributed by atoms with E-state index in [0.29, 0.717) is 18.5 Å². The minimum Gasteiger partial charge on any atom is -0.345 e. The molecule has 0 aliphatic heterocycles. The van der Waals surface area contributed by atoms with Crippen molar-refractivity contribution in [1.82, 2.24) is 9.97 Å². The Balaban J connectivity index is 1.58. The molecule has 0 spiro atoms. The average molecular weight is 283 g/mol. The number of imidazole rings is 1. The highest BCUT2D eigenvalue weighted by Gasteiger charge is 2.05. The van der Waals surface area contributed by atoms with Crippen LogP contribution in [0.15, 0.2) is 48.8 Å². The predicted molar refractivity (Wildman–Crippen MR) is 79.4 cm³/mol. The molecule has 0 bridgehead atoms. The fourth-order valence-corrected chi connectivity index (χ4v) is 2.15. The first-order valence-corrected chi connectivity index (χ1v) is 6.68. The summed E-state index contributed by atoms with van der Waals surface area (Å²) in [6, 6.07) is 11.6. The van der Waals surface area contributed by atoms with E-state index in [0.717, 1.165) is 16.6 Å². The van der Waals surface area contributed by atoms with Gasteiger partial charge in [-0.1, -0.05) is 6.07 Å². The van der Waals surface area contributed by atoms with Gasteiger partial charge in [-0.05, 0) is 48.4 Å². The number of carbonyl (C=O) groups is 1. The fraction of sp³-hybridized carbons (Fsp3) is 0.125. The van der Waals surface area contributed by atoms with E-state index in [1.807, 2.05) is 18.2 Å². The first kappa shape index (κ1) is 13.3. The number of H-pyrrole nitrogens is 1. The zero-order valence-electron chi connectivity index (χ0n) is 11.3. The molecule has 1 aromatic heterocycles. The van der Waals surface area contributed by atoms with Gasteiger partial charge in [0, 0.05) is 12.1 Å². The Hall–Kier alpha value is -2.69. The lowest BCUT2D eigenvalue weighted by Gasteiger charge is -2.05. The normalized spacial score (nSPS) is 10.7. The van der Waals surface area contributed by atoms with E-state index in [2.05, 4.69) is 15.3 Å². The van der Waals surface area contributed by atoms with Gasteiger partial charge in [0.2, 0.25) is 5.91 Å². The summed E-state index contributed by atoms with van der Waals surface area (Å²) in [5.41, 5.74) is 3.55. The Kier molecular flexibility index (Phi) is 3.64. The van der Waals surface area contributed by atoms with Crippen LogP contribution in [0, 0.1) is 5.82 Å². The number of fused-ring (bicyclic) bond motifs is 1. The van der Waals surface area contributed by atoms with Crippen molar-refractivity contribution in [2.24, 2.45) is 0 Å². The molecule has 0 fully saturated rings. The number of aromatic nitrogens is 2.